The van der Waals surface area contributed by atoms with E-state index < -0.39 is 18.5 Å². The van der Waals surface area contributed by atoms with Gasteiger partial charge in [0.1, 0.15) is 17.9 Å². The van der Waals surface area contributed by atoms with Gasteiger partial charge in [-0.3, -0.25) is 0 Å². The van der Waals surface area contributed by atoms with Crippen LogP contribution in [-0.4, -0.2) is 39.0 Å². The number of aliphatic carboxylic acids is 1. The first-order valence-corrected chi connectivity index (χ1v) is 5.24. The minimum atomic E-state index is -1.19. The van der Waals surface area contributed by atoms with Gasteiger partial charge >= 0.3 is 11.9 Å². The summed E-state index contributed by atoms with van der Waals surface area (Å²) in [6.07, 6.45) is 0. The molecule has 0 aliphatic rings. The second-order valence-electron chi connectivity index (χ2n) is 3.54. The van der Waals surface area contributed by atoms with Crippen molar-refractivity contribution in [2.24, 2.45) is 0 Å². The standard InChI is InChI=1S/C11H8O3.C2H4O3/c12-10-8-4-2-1-3-7(8)5-6-9(10)11(13)14;3-1-2(4)5/h1-6,12H,(H,13,14);3H,1H2,(H,4,5). The molecule has 2 aromatic carbocycles. The number of carbonyl (C=O) groups is 2. The van der Waals surface area contributed by atoms with E-state index in [1.165, 1.54) is 6.07 Å². The lowest BCUT2D eigenvalue weighted by atomic mass is 10.1. The van der Waals surface area contributed by atoms with E-state index in [0.29, 0.717) is 5.39 Å². The molecule has 6 heteroatoms. The van der Waals surface area contributed by atoms with Crippen LogP contribution in [0.5, 0.6) is 5.75 Å². The monoisotopic (exact) mass is 264 g/mol. The Morgan fingerprint density at radius 3 is 2.11 bits per heavy atom. The number of aromatic hydroxyl groups is 1. The van der Waals surface area contributed by atoms with Crippen LogP contribution in [-0.2, 0) is 4.79 Å². The van der Waals surface area contributed by atoms with Gasteiger partial charge < -0.3 is 20.4 Å². The molecule has 19 heavy (non-hydrogen) atoms. The fourth-order valence-electron chi connectivity index (χ4n) is 1.43. The molecule has 6 nitrogen and oxygen atoms in total. The molecule has 2 rings (SSSR count). The van der Waals surface area contributed by atoms with Gasteiger partial charge in [0.05, 0.1) is 0 Å². The highest BCUT2D eigenvalue weighted by Crippen LogP contribution is 2.28. The molecule has 0 aliphatic carbocycles. The maximum Gasteiger partial charge on any atom is 0.339 e. The third kappa shape index (κ3) is 3.68. The number of hydrogen-bond acceptors (Lipinski definition) is 4. The third-order valence-corrected chi connectivity index (χ3v) is 2.27. The van der Waals surface area contributed by atoms with Crippen LogP contribution in [0.25, 0.3) is 10.8 Å². The van der Waals surface area contributed by atoms with Crippen LogP contribution in [0.1, 0.15) is 10.4 Å². The van der Waals surface area contributed by atoms with Crippen LogP contribution in [0.15, 0.2) is 36.4 Å². The first-order chi connectivity index (χ1) is 8.97. The van der Waals surface area contributed by atoms with E-state index in [2.05, 4.69) is 0 Å². The number of fused-ring (bicyclic) bond motifs is 1. The van der Waals surface area contributed by atoms with Crippen molar-refractivity contribution in [1.82, 2.24) is 0 Å². The molecular weight excluding hydrogens is 252 g/mol. The topological polar surface area (TPSA) is 115 Å². The Morgan fingerprint density at radius 1 is 1.00 bits per heavy atom. The summed E-state index contributed by atoms with van der Waals surface area (Å²) >= 11 is 0. The lowest BCUT2D eigenvalue weighted by Crippen LogP contribution is -1.98. The summed E-state index contributed by atoms with van der Waals surface area (Å²) in [7, 11) is 0. The summed E-state index contributed by atoms with van der Waals surface area (Å²) in [5.41, 5.74) is -0.0660. The van der Waals surface area contributed by atoms with Crippen molar-refractivity contribution in [1.29, 1.82) is 0 Å². The Labute approximate surface area is 108 Å². The second kappa shape index (κ2) is 6.36. The Kier molecular flexibility index (Phi) is 4.84. The molecule has 0 bridgehead atoms. The van der Waals surface area contributed by atoms with Crippen molar-refractivity contribution in [3.63, 3.8) is 0 Å². The zero-order valence-corrected chi connectivity index (χ0v) is 9.78. The predicted octanol–water partition coefficient (Wildman–Crippen LogP) is 1.31. The van der Waals surface area contributed by atoms with Crippen molar-refractivity contribution in [2.45, 2.75) is 0 Å². The van der Waals surface area contributed by atoms with Crippen molar-refractivity contribution < 1.29 is 30.0 Å². The molecule has 0 amide bonds. The molecule has 0 aliphatic heterocycles. The van der Waals surface area contributed by atoms with Crippen LogP contribution in [0.2, 0.25) is 0 Å². The summed E-state index contributed by atoms with van der Waals surface area (Å²) in [4.78, 5) is 19.8. The molecule has 0 radical (unpaired) electrons. The maximum atomic E-state index is 10.7. The van der Waals surface area contributed by atoms with Crippen LogP contribution >= 0.6 is 0 Å². The SMILES string of the molecule is O=C(O)CO.O=C(O)c1ccc2ccccc2c1O. The van der Waals surface area contributed by atoms with Gasteiger partial charge in [-0.25, -0.2) is 9.59 Å². The van der Waals surface area contributed by atoms with Crippen LogP contribution in [0.4, 0.5) is 0 Å². The van der Waals surface area contributed by atoms with Crippen molar-refractivity contribution in [2.75, 3.05) is 6.61 Å². The number of hydrogen-bond donors (Lipinski definition) is 4. The number of rotatable bonds is 2. The van der Waals surface area contributed by atoms with Crippen molar-refractivity contribution in [3.05, 3.63) is 42.0 Å². The first-order valence-electron chi connectivity index (χ1n) is 5.24. The lowest BCUT2D eigenvalue weighted by Gasteiger charge is -2.03. The average Bonchev–Trinajstić information content (AvgIpc) is 2.39. The molecule has 0 aromatic heterocycles. The zero-order chi connectivity index (χ0) is 14.4. The normalized spacial score (nSPS) is 9.53. The Bertz CT molecular complexity index is 605. The summed E-state index contributed by atoms with van der Waals surface area (Å²) in [6, 6.07) is 10.2. The number of carboxylic acids is 2. The number of aliphatic hydroxyl groups excluding tert-OH is 1. The summed E-state index contributed by atoms with van der Waals surface area (Å²) in [5, 5.41) is 34.8. The third-order valence-electron chi connectivity index (χ3n) is 2.27. The molecule has 100 valence electrons. The largest absolute Gasteiger partial charge is 0.506 e. The maximum absolute atomic E-state index is 10.7. The summed E-state index contributed by atoms with van der Waals surface area (Å²) < 4.78 is 0. The molecule has 0 heterocycles. The fourth-order valence-corrected chi connectivity index (χ4v) is 1.43. The lowest BCUT2D eigenvalue weighted by molar-refractivity contribution is -0.140. The number of carboxylic acid groups (broad SMARTS) is 2. The molecule has 2 aromatic rings. The van der Waals surface area contributed by atoms with Gasteiger partial charge in [-0.2, -0.15) is 0 Å². The molecule has 0 unspecified atom stereocenters. The molecule has 0 saturated heterocycles. The van der Waals surface area contributed by atoms with Gasteiger partial charge in [0.15, 0.2) is 0 Å². The van der Waals surface area contributed by atoms with Crippen LogP contribution in [0, 0.1) is 0 Å². The quantitative estimate of drug-likeness (QED) is 0.650. The highest BCUT2D eigenvalue weighted by atomic mass is 16.4. The van der Waals surface area contributed by atoms with E-state index in [-0.39, 0.29) is 11.3 Å². The van der Waals surface area contributed by atoms with Crippen molar-refractivity contribution in [3.8, 4) is 5.75 Å². The van der Waals surface area contributed by atoms with Gasteiger partial charge in [-0.05, 0) is 11.5 Å². The Balaban J connectivity index is 0.000000312. The molecule has 0 saturated carbocycles. The van der Waals surface area contributed by atoms with E-state index in [9.17, 15) is 9.90 Å². The van der Waals surface area contributed by atoms with Gasteiger partial charge in [0.2, 0.25) is 0 Å². The van der Waals surface area contributed by atoms with Crippen LogP contribution in [0.3, 0.4) is 0 Å². The molecular formula is C13H12O6. The molecule has 0 spiro atoms. The van der Waals surface area contributed by atoms with E-state index >= 15 is 0 Å². The van der Waals surface area contributed by atoms with Gasteiger partial charge in [-0.1, -0.05) is 30.3 Å². The second-order valence-corrected chi connectivity index (χ2v) is 3.54. The average molecular weight is 264 g/mol. The smallest absolute Gasteiger partial charge is 0.339 e. The first kappa shape index (κ1) is 14.5. The Hall–Kier alpha value is -2.60. The minimum absolute atomic E-state index is 0.0660. The number of aliphatic hydroxyl groups is 1. The minimum Gasteiger partial charge on any atom is -0.506 e. The summed E-state index contributed by atoms with van der Waals surface area (Å²) in [6.45, 7) is -0.778. The fraction of sp³-hybridized carbons (Fsp3) is 0.0769. The number of aromatic carboxylic acids is 1. The van der Waals surface area contributed by atoms with E-state index in [4.69, 9.17) is 20.1 Å². The van der Waals surface area contributed by atoms with Crippen LogP contribution < -0.4 is 0 Å². The summed E-state index contributed by atoms with van der Waals surface area (Å²) in [5.74, 6) is -2.48. The molecule has 0 atom stereocenters. The van der Waals surface area contributed by atoms with Crippen molar-refractivity contribution >= 4 is 22.7 Å². The van der Waals surface area contributed by atoms with Gasteiger partial charge in [-0.15, -0.1) is 0 Å². The zero-order valence-electron chi connectivity index (χ0n) is 9.78. The highest BCUT2D eigenvalue weighted by Gasteiger charge is 2.11. The Morgan fingerprint density at radius 2 is 1.58 bits per heavy atom. The predicted molar refractivity (Wildman–Crippen MR) is 67.3 cm³/mol. The molecule has 4 N–H and O–H groups in total. The highest BCUT2D eigenvalue weighted by molar-refractivity contribution is 6.00. The number of benzene rings is 2. The van der Waals surface area contributed by atoms with E-state index in [1.54, 1.807) is 18.2 Å². The van der Waals surface area contributed by atoms with E-state index in [0.717, 1.165) is 5.39 Å². The number of phenols is 1. The molecule has 0 fully saturated rings. The van der Waals surface area contributed by atoms with E-state index in [1.807, 2.05) is 12.1 Å². The van der Waals surface area contributed by atoms with Gasteiger partial charge in [0.25, 0.3) is 0 Å². The van der Waals surface area contributed by atoms with Gasteiger partial charge in [0, 0.05) is 5.39 Å².